The van der Waals surface area contributed by atoms with E-state index in [0.717, 1.165) is 19.6 Å². The normalized spacial score (nSPS) is 21.0. The third kappa shape index (κ3) is 4.01. The summed E-state index contributed by atoms with van der Waals surface area (Å²) < 4.78 is 27.5. The van der Waals surface area contributed by atoms with Gasteiger partial charge in [-0.1, -0.05) is 12.1 Å². The van der Waals surface area contributed by atoms with Crippen LogP contribution in [0.1, 0.15) is 45.2 Å². The standard InChI is InChI=1S/C17H26F2N2/c1-12(2)21(11-14-6-5-9-20-10-14)13(3)15-7-4-8-16(18)17(15)19/h4,7-8,12-14,20H,5-6,9-11H2,1-3H3. The molecule has 0 spiro atoms. The molecule has 0 amide bonds. The summed E-state index contributed by atoms with van der Waals surface area (Å²) in [5, 5.41) is 3.42. The number of halogens is 2. The maximum Gasteiger partial charge on any atom is 0.163 e. The molecule has 1 aliphatic rings. The molecule has 21 heavy (non-hydrogen) atoms. The number of piperidine rings is 1. The van der Waals surface area contributed by atoms with E-state index in [1.807, 2.05) is 6.92 Å². The average Bonchev–Trinajstić information content (AvgIpc) is 2.48. The van der Waals surface area contributed by atoms with E-state index in [1.165, 1.54) is 18.9 Å². The summed E-state index contributed by atoms with van der Waals surface area (Å²) in [5.74, 6) is -0.889. The van der Waals surface area contributed by atoms with Crippen molar-refractivity contribution in [3.8, 4) is 0 Å². The Labute approximate surface area is 126 Å². The van der Waals surface area contributed by atoms with Gasteiger partial charge in [-0.2, -0.15) is 0 Å². The molecule has 2 unspecified atom stereocenters. The summed E-state index contributed by atoms with van der Waals surface area (Å²) in [4.78, 5) is 2.27. The molecule has 1 fully saturated rings. The van der Waals surface area contributed by atoms with Crippen LogP contribution in [-0.4, -0.2) is 30.6 Å². The zero-order valence-corrected chi connectivity index (χ0v) is 13.2. The van der Waals surface area contributed by atoms with Crippen LogP contribution in [0.15, 0.2) is 18.2 Å². The van der Waals surface area contributed by atoms with Crippen LogP contribution in [-0.2, 0) is 0 Å². The van der Waals surface area contributed by atoms with Crippen molar-refractivity contribution in [1.29, 1.82) is 0 Å². The van der Waals surface area contributed by atoms with Crippen molar-refractivity contribution >= 4 is 0 Å². The zero-order chi connectivity index (χ0) is 15.4. The number of benzene rings is 1. The minimum Gasteiger partial charge on any atom is -0.316 e. The number of rotatable bonds is 5. The van der Waals surface area contributed by atoms with E-state index in [2.05, 4.69) is 24.1 Å². The van der Waals surface area contributed by atoms with Gasteiger partial charge in [0.2, 0.25) is 0 Å². The Hall–Kier alpha value is -1.00. The van der Waals surface area contributed by atoms with E-state index in [1.54, 1.807) is 12.1 Å². The lowest BCUT2D eigenvalue weighted by Crippen LogP contribution is -2.42. The maximum atomic E-state index is 14.0. The highest BCUT2D eigenvalue weighted by Crippen LogP contribution is 2.28. The summed E-state index contributed by atoms with van der Waals surface area (Å²) in [6.07, 6.45) is 2.40. The lowest BCUT2D eigenvalue weighted by molar-refractivity contribution is 0.124. The van der Waals surface area contributed by atoms with Crippen LogP contribution >= 0.6 is 0 Å². The van der Waals surface area contributed by atoms with Gasteiger partial charge in [0.25, 0.3) is 0 Å². The van der Waals surface area contributed by atoms with Gasteiger partial charge in [-0.15, -0.1) is 0 Å². The number of hydrogen-bond donors (Lipinski definition) is 1. The Balaban J connectivity index is 2.14. The summed E-state index contributed by atoms with van der Waals surface area (Å²) in [7, 11) is 0. The van der Waals surface area contributed by atoms with E-state index < -0.39 is 11.6 Å². The second-order valence-corrected chi connectivity index (χ2v) is 6.32. The summed E-state index contributed by atoms with van der Waals surface area (Å²) >= 11 is 0. The van der Waals surface area contributed by atoms with Crippen molar-refractivity contribution < 1.29 is 8.78 Å². The molecule has 2 atom stereocenters. The van der Waals surface area contributed by atoms with Gasteiger partial charge in [0.15, 0.2) is 11.6 Å². The Kier molecular flexibility index (Phi) is 5.71. The van der Waals surface area contributed by atoms with E-state index in [4.69, 9.17) is 0 Å². The lowest BCUT2D eigenvalue weighted by atomic mass is 9.96. The van der Waals surface area contributed by atoms with Crippen molar-refractivity contribution in [1.82, 2.24) is 10.2 Å². The monoisotopic (exact) mass is 296 g/mol. The molecule has 2 rings (SSSR count). The molecule has 1 aliphatic heterocycles. The highest BCUT2D eigenvalue weighted by Gasteiger charge is 2.26. The first-order valence-corrected chi connectivity index (χ1v) is 7.91. The lowest BCUT2D eigenvalue weighted by Gasteiger charge is -2.37. The van der Waals surface area contributed by atoms with Crippen molar-refractivity contribution in [2.45, 2.75) is 45.7 Å². The SMILES string of the molecule is CC(C)N(CC1CCCNC1)C(C)c1cccc(F)c1F. The van der Waals surface area contributed by atoms with Gasteiger partial charge in [0.05, 0.1) is 0 Å². The maximum absolute atomic E-state index is 14.0. The predicted molar refractivity (Wildman–Crippen MR) is 82.2 cm³/mol. The first-order valence-electron chi connectivity index (χ1n) is 7.91. The van der Waals surface area contributed by atoms with Crippen molar-refractivity contribution in [3.63, 3.8) is 0 Å². The Morgan fingerprint density at radius 2 is 2.05 bits per heavy atom. The fourth-order valence-corrected chi connectivity index (χ4v) is 3.22. The van der Waals surface area contributed by atoms with Crippen molar-refractivity contribution in [2.24, 2.45) is 5.92 Å². The van der Waals surface area contributed by atoms with Crippen LogP contribution in [0.2, 0.25) is 0 Å². The van der Waals surface area contributed by atoms with Gasteiger partial charge in [0, 0.05) is 24.2 Å². The molecule has 1 N–H and O–H groups in total. The molecule has 1 aromatic carbocycles. The zero-order valence-electron chi connectivity index (χ0n) is 13.2. The van der Waals surface area contributed by atoms with E-state index in [0.29, 0.717) is 17.5 Å². The van der Waals surface area contributed by atoms with Gasteiger partial charge >= 0.3 is 0 Å². The quantitative estimate of drug-likeness (QED) is 0.890. The molecular weight excluding hydrogens is 270 g/mol. The topological polar surface area (TPSA) is 15.3 Å². The molecule has 4 heteroatoms. The van der Waals surface area contributed by atoms with Gasteiger partial charge in [0.1, 0.15) is 0 Å². The Bertz CT molecular complexity index is 456. The van der Waals surface area contributed by atoms with Gasteiger partial charge in [-0.25, -0.2) is 8.78 Å². The van der Waals surface area contributed by atoms with Crippen molar-refractivity contribution in [3.05, 3.63) is 35.4 Å². The van der Waals surface area contributed by atoms with E-state index >= 15 is 0 Å². The molecule has 1 saturated heterocycles. The molecule has 2 nitrogen and oxygen atoms in total. The molecule has 1 aromatic rings. The molecule has 0 aromatic heterocycles. The smallest absolute Gasteiger partial charge is 0.163 e. The third-order valence-electron chi connectivity index (χ3n) is 4.46. The van der Waals surface area contributed by atoms with Gasteiger partial charge < -0.3 is 5.32 Å². The molecular formula is C17H26F2N2. The second kappa shape index (κ2) is 7.32. The largest absolute Gasteiger partial charge is 0.316 e. The molecule has 0 aliphatic carbocycles. The highest BCUT2D eigenvalue weighted by molar-refractivity contribution is 5.22. The molecule has 0 bridgehead atoms. The van der Waals surface area contributed by atoms with Gasteiger partial charge in [-0.05, 0) is 58.7 Å². The second-order valence-electron chi connectivity index (χ2n) is 6.32. The molecule has 0 radical (unpaired) electrons. The third-order valence-corrected chi connectivity index (χ3v) is 4.46. The fraction of sp³-hybridized carbons (Fsp3) is 0.647. The van der Waals surface area contributed by atoms with E-state index in [-0.39, 0.29) is 6.04 Å². The van der Waals surface area contributed by atoms with E-state index in [9.17, 15) is 8.78 Å². The Morgan fingerprint density at radius 3 is 2.67 bits per heavy atom. The first kappa shape index (κ1) is 16.4. The highest BCUT2D eigenvalue weighted by atomic mass is 19.2. The molecule has 0 saturated carbocycles. The summed E-state index contributed by atoms with van der Waals surface area (Å²) in [5.41, 5.74) is 0.451. The van der Waals surface area contributed by atoms with Crippen LogP contribution in [0.3, 0.4) is 0 Å². The first-order chi connectivity index (χ1) is 10.0. The minimum absolute atomic E-state index is 0.123. The number of nitrogens with one attached hydrogen (secondary N) is 1. The molecule has 1 heterocycles. The number of nitrogens with zero attached hydrogens (tertiary/aromatic N) is 1. The molecule has 118 valence electrons. The fourth-order valence-electron chi connectivity index (χ4n) is 3.22. The van der Waals surface area contributed by atoms with Crippen LogP contribution < -0.4 is 5.32 Å². The van der Waals surface area contributed by atoms with Crippen molar-refractivity contribution in [2.75, 3.05) is 19.6 Å². The van der Waals surface area contributed by atoms with Crippen LogP contribution in [0.4, 0.5) is 8.78 Å². The Morgan fingerprint density at radius 1 is 1.29 bits per heavy atom. The summed E-state index contributed by atoms with van der Waals surface area (Å²) in [6.45, 7) is 9.22. The van der Waals surface area contributed by atoms with Crippen LogP contribution in [0, 0.1) is 17.6 Å². The van der Waals surface area contributed by atoms with Crippen LogP contribution in [0.5, 0.6) is 0 Å². The number of hydrogen-bond acceptors (Lipinski definition) is 2. The average molecular weight is 296 g/mol. The van der Waals surface area contributed by atoms with Crippen LogP contribution in [0.25, 0.3) is 0 Å². The minimum atomic E-state index is -0.762. The summed E-state index contributed by atoms with van der Waals surface area (Å²) in [6, 6.07) is 4.63. The van der Waals surface area contributed by atoms with Gasteiger partial charge in [-0.3, -0.25) is 4.90 Å². The predicted octanol–water partition coefficient (Wildman–Crippen LogP) is 3.74.